The third-order valence-corrected chi connectivity index (χ3v) is 4.01. The molecule has 0 aliphatic heterocycles. The third-order valence-electron chi connectivity index (χ3n) is 3.72. The van der Waals surface area contributed by atoms with Gasteiger partial charge in [-0.3, -0.25) is 9.59 Å². The van der Waals surface area contributed by atoms with Gasteiger partial charge >= 0.3 is 0 Å². The fourth-order valence-corrected chi connectivity index (χ4v) is 2.43. The summed E-state index contributed by atoms with van der Waals surface area (Å²) in [6.07, 6.45) is 0.102. The summed E-state index contributed by atoms with van der Waals surface area (Å²) in [6.45, 7) is 1.99. The number of nitrogens with one attached hydrogen (secondary N) is 1. The van der Waals surface area contributed by atoms with Crippen LogP contribution in [0.5, 0.6) is 5.75 Å². The number of carbonyl (C=O) groups excluding carboxylic acids is 2. The summed E-state index contributed by atoms with van der Waals surface area (Å²) in [4.78, 5) is 25.1. The summed E-state index contributed by atoms with van der Waals surface area (Å²) in [5.41, 5.74) is 1.48. The van der Waals surface area contributed by atoms with Crippen LogP contribution in [0.15, 0.2) is 42.5 Å². The molecule has 0 saturated heterocycles. The monoisotopic (exact) mass is 378 g/mol. The molecule has 2 aromatic carbocycles. The van der Waals surface area contributed by atoms with Crippen molar-refractivity contribution in [2.45, 2.75) is 19.9 Å². The van der Waals surface area contributed by atoms with Gasteiger partial charge in [-0.15, -0.1) is 0 Å². The number of nitrogens with zero attached hydrogens (tertiary/aromatic N) is 1. The van der Waals surface area contributed by atoms with E-state index in [1.54, 1.807) is 18.0 Å². The molecule has 5 nitrogen and oxygen atoms in total. The van der Waals surface area contributed by atoms with Crippen molar-refractivity contribution >= 4 is 29.1 Å². The van der Waals surface area contributed by atoms with Crippen LogP contribution in [-0.2, 0) is 16.1 Å². The highest BCUT2D eigenvalue weighted by Gasteiger charge is 2.11. The highest BCUT2D eigenvalue weighted by Crippen LogP contribution is 2.25. The Morgan fingerprint density at radius 1 is 1.23 bits per heavy atom. The maximum absolute atomic E-state index is 13.0. The van der Waals surface area contributed by atoms with Crippen molar-refractivity contribution < 1.29 is 18.7 Å². The molecule has 7 heteroatoms. The highest BCUT2D eigenvalue weighted by atomic mass is 35.5. The Morgan fingerprint density at radius 2 is 1.96 bits per heavy atom. The molecule has 0 fully saturated rings. The summed E-state index contributed by atoms with van der Waals surface area (Å²) < 4.78 is 18.4. The molecule has 0 radical (unpaired) electrons. The second kappa shape index (κ2) is 9.20. The molecule has 2 amide bonds. The Hall–Kier alpha value is -2.60. The second-order valence-corrected chi connectivity index (χ2v) is 6.16. The first kappa shape index (κ1) is 19.7. The van der Waals surface area contributed by atoms with Gasteiger partial charge in [0.25, 0.3) is 0 Å². The molecule has 0 aliphatic rings. The van der Waals surface area contributed by atoms with Crippen LogP contribution in [0.1, 0.15) is 18.9 Å². The molecule has 0 spiro atoms. The molecule has 1 N–H and O–H groups in total. The van der Waals surface area contributed by atoms with Crippen LogP contribution >= 0.6 is 11.6 Å². The number of amides is 2. The van der Waals surface area contributed by atoms with E-state index in [2.05, 4.69) is 5.32 Å². The minimum atomic E-state index is -0.452. The lowest BCUT2D eigenvalue weighted by Gasteiger charge is -2.18. The molecule has 26 heavy (non-hydrogen) atoms. The van der Waals surface area contributed by atoms with E-state index in [9.17, 15) is 14.0 Å². The van der Waals surface area contributed by atoms with Crippen LogP contribution < -0.4 is 10.1 Å². The minimum absolute atomic E-state index is 0.0595. The highest BCUT2D eigenvalue weighted by molar-refractivity contribution is 6.32. The lowest BCUT2D eigenvalue weighted by molar-refractivity contribution is -0.128. The Kier molecular flexibility index (Phi) is 6.97. The van der Waals surface area contributed by atoms with Gasteiger partial charge in [0.15, 0.2) is 0 Å². The summed E-state index contributed by atoms with van der Waals surface area (Å²) in [6, 6.07) is 11.1. The molecular weight excluding hydrogens is 359 g/mol. The van der Waals surface area contributed by atoms with Crippen LogP contribution in [0.4, 0.5) is 10.1 Å². The van der Waals surface area contributed by atoms with Crippen molar-refractivity contribution in [3.63, 3.8) is 0 Å². The Balaban J connectivity index is 1.90. The SMILES string of the molecule is CC(=O)N(C)Cc1ccccc1NC(=O)CCOc1ccc(F)cc1Cl. The van der Waals surface area contributed by atoms with E-state index in [0.29, 0.717) is 18.0 Å². The number of rotatable bonds is 7. The first-order valence-electron chi connectivity index (χ1n) is 8.04. The topological polar surface area (TPSA) is 58.6 Å². The van der Waals surface area contributed by atoms with Gasteiger partial charge in [0.2, 0.25) is 11.8 Å². The van der Waals surface area contributed by atoms with Gasteiger partial charge in [-0.05, 0) is 29.8 Å². The molecular formula is C19H20ClFN2O3. The van der Waals surface area contributed by atoms with Crippen LogP contribution in [0, 0.1) is 5.82 Å². The zero-order valence-electron chi connectivity index (χ0n) is 14.6. The molecule has 0 atom stereocenters. The minimum Gasteiger partial charge on any atom is -0.491 e. The Labute approximate surface area is 156 Å². The van der Waals surface area contributed by atoms with E-state index in [-0.39, 0.29) is 29.9 Å². The lowest BCUT2D eigenvalue weighted by Crippen LogP contribution is -2.24. The van der Waals surface area contributed by atoms with Gasteiger partial charge in [-0.1, -0.05) is 29.8 Å². The summed E-state index contributed by atoms with van der Waals surface area (Å²) >= 11 is 5.87. The maximum Gasteiger partial charge on any atom is 0.227 e. The summed E-state index contributed by atoms with van der Waals surface area (Å²) in [5, 5.41) is 2.97. The fraction of sp³-hybridized carbons (Fsp3) is 0.263. The van der Waals surface area contributed by atoms with Gasteiger partial charge in [-0.2, -0.15) is 0 Å². The third kappa shape index (κ3) is 5.74. The average Bonchev–Trinajstić information content (AvgIpc) is 2.58. The van der Waals surface area contributed by atoms with E-state index in [0.717, 1.165) is 11.6 Å². The number of carbonyl (C=O) groups is 2. The van der Waals surface area contributed by atoms with Gasteiger partial charge in [0.05, 0.1) is 18.1 Å². The zero-order chi connectivity index (χ0) is 19.1. The standard InChI is InChI=1S/C19H20ClFN2O3/c1-13(24)23(2)12-14-5-3-4-6-17(14)22-19(25)9-10-26-18-8-7-15(21)11-16(18)20/h3-8,11H,9-10,12H2,1-2H3,(H,22,25). The fourth-order valence-electron chi connectivity index (χ4n) is 2.21. The molecule has 0 aliphatic carbocycles. The van der Waals surface area contributed by atoms with Crippen molar-refractivity contribution in [2.75, 3.05) is 19.0 Å². The van der Waals surface area contributed by atoms with Crippen molar-refractivity contribution in [1.82, 2.24) is 4.90 Å². The predicted octanol–water partition coefficient (Wildman–Crippen LogP) is 3.87. The van der Waals surface area contributed by atoms with Crippen molar-refractivity contribution in [1.29, 1.82) is 0 Å². The van der Waals surface area contributed by atoms with Crippen molar-refractivity contribution in [3.05, 3.63) is 58.9 Å². The molecule has 138 valence electrons. The van der Waals surface area contributed by atoms with Crippen molar-refractivity contribution in [2.24, 2.45) is 0 Å². The number of anilines is 1. The van der Waals surface area contributed by atoms with E-state index in [1.165, 1.54) is 19.1 Å². The van der Waals surface area contributed by atoms with Gasteiger partial charge in [0, 0.05) is 26.2 Å². The van der Waals surface area contributed by atoms with E-state index < -0.39 is 5.82 Å². The Bertz CT molecular complexity index is 798. The van der Waals surface area contributed by atoms with Crippen LogP contribution in [-0.4, -0.2) is 30.4 Å². The number of benzene rings is 2. The first-order valence-corrected chi connectivity index (χ1v) is 8.42. The normalized spacial score (nSPS) is 10.3. The smallest absolute Gasteiger partial charge is 0.227 e. The van der Waals surface area contributed by atoms with Crippen LogP contribution in [0.25, 0.3) is 0 Å². The molecule has 0 bridgehead atoms. The molecule has 0 aromatic heterocycles. The molecule has 2 aromatic rings. The molecule has 0 saturated carbocycles. The molecule has 0 unspecified atom stereocenters. The summed E-state index contributed by atoms with van der Waals surface area (Å²) in [7, 11) is 1.70. The van der Waals surface area contributed by atoms with E-state index >= 15 is 0 Å². The van der Waals surface area contributed by atoms with Crippen molar-refractivity contribution in [3.8, 4) is 5.75 Å². The van der Waals surface area contributed by atoms with Crippen LogP contribution in [0.3, 0.4) is 0 Å². The van der Waals surface area contributed by atoms with Crippen LogP contribution in [0.2, 0.25) is 5.02 Å². The van der Waals surface area contributed by atoms with E-state index in [1.807, 2.05) is 18.2 Å². The number of para-hydroxylation sites is 1. The van der Waals surface area contributed by atoms with Gasteiger partial charge in [-0.25, -0.2) is 4.39 Å². The lowest BCUT2D eigenvalue weighted by atomic mass is 10.1. The number of hydrogen-bond donors (Lipinski definition) is 1. The maximum atomic E-state index is 13.0. The Morgan fingerprint density at radius 3 is 2.65 bits per heavy atom. The van der Waals surface area contributed by atoms with Gasteiger partial charge < -0.3 is 15.0 Å². The molecule has 2 rings (SSSR count). The predicted molar refractivity (Wildman–Crippen MR) is 98.7 cm³/mol. The van der Waals surface area contributed by atoms with Gasteiger partial charge in [0.1, 0.15) is 11.6 Å². The summed E-state index contributed by atoms with van der Waals surface area (Å²) in [5.74, 6) is -0.423. The average molecular weight is 379 g/mol. The zero-order valence-corrected chi connectivity index (χ0v) is 15.3. The quantitative estimate of drug-likeness (QED) is 0.795. The number of ether oxygens (including phenoxy) is 1. The van der Waals surface area contributed by atoms with E-state index in [4.69, 9.17) is 16.3 Å². The number of hydrogen-bond acceptors (Lipinski definition) is 3. The molecule has 0 heterocycles. The second-order valence-electron chi connectivity index (χ2n) is 5.75. The largest absolute Gasteiger partial charge is 0.491 e. The first-order chi connectivity index (χ1) is 12.4. The number of halogens is 2.